The number of fused-ring (bicyclic) bond motifs is 1. The Balaban J connectivity index is 1.50. The summed E-state index contributed by atoms with van der Waals surface area (Å²) in [6.07, 6.45) is 3.75. The molecule has 0 unspecified atom stereocenters. The molecule has 1 amide bonds. The van der Waals surface area contributed by atoms with Gasteiger partial charge in [-0.15, -0.1) is 0 Å². The molecule has 4 aromatic rings. The fourth-order valence-corrected chi connectivity index (χ4v) is 5.62. The van der Waals surface area contributed by atoms with Crippen LogP contribution in [0.3, 0.4) is 0 Å². The van der Waals surface area contributed by atoms with E-state index in [1.54, 1.807) is 41.6 Å². The Hall–Kier alpha value is -3.10. The molecule has 0 bridgehead atoms. The first-order valence-electron chi connectivity index (χ1n) is 10.3. The van der Waals surface area contributed by atoms with Gasteiger partial charge in [0.05, 0.1) is 27.4 Å². The standard InChI is InChI=1S/C24H23N3O3S2/c1-18-10-12-20(13-11-18)32(29,30)15-5-9-23(28)27(17-19-6-4-14-25-16-19)24-26-21-7-2-3-8-22(21)31-24/h2-4,6-8,10-14,16H,5,9,15,17H2,1H3. The van der Waals surface area contributed by atoms with Gasteiger partial charge in [-0.1, -0.05) is 47.2 Å². The first-order valence-corrected chi connectivity index (χ1v) is 12.7. The van der Waals surface area contributed by atoms with Crippen molar-refractivity contribution in [3.63, 3.8) is 0 Å². The van der Waals surface area contributed by atoms with Gasteiger partial charge in [0.2, 0.25) is 5.91 Å². The number of sulfone groups is 1. The molecule has 4 rings (SSSR count). The van der Waals surface area contributed by atoms with E-state index in [4.69, 9.17) is 0 Å². The quantitative estimate of drug-likeness (QED) is 0.374. The highest BCUT2D eigenvalue weighted by Crippen LogP contribution is 2.30. The van der Waals surface area contributed by atoms with Crippen molar-refractivity contribution in [3.8, 4) is 0 Å². The number of nitrogens with zero attached hydrogens (tertiary/aromatic N) is 3. The maximum absolute atomic E-state index is 13.2. The smallest absolute Gasteiger partial charge is 0.229 e. The van der Waals surface area contributed by atoms with Crippen LogP contribution in [0.1, 0.15) is 24.0 Å². The second-order valence-corrected chi connectivity index (χ2v) is 10.7. The number of thiazole rings is 1. The summed E-state index contributed by atoms with van der Waals surface area (Å²) in [5.41, 5.74) is 2.71. The molecule has 0 fully saturated rings. The number of hydrogen-bond donors (Lipinski definition) is 0. The summed E-state index contributed by atoms with van der Waals surface area (Å²) in [6.45, 7) is 2.24. The molecule has 0 aliphatic heterocycles. The minimum atomic E-state index is -3.44. The minimum absolute atomic E-state index is 0.0810. The van der Waals surface area contributed by atoms with Gasteiger partial charge < -0.3 is 0 Å². The topological polar surface area (TPSA) is 80.2 Å². The summed E-state index contributed by atoms with van der Waals surface area (Å²) >= 11 is 1.45. The number of carbonyl (C=O) groups is 1. The summed E-state index contributed by atoms with van der Waals surface area (Å²) in [5.74, 6) is -0.241. The van der Waals surface area contributed by atoms with Gasteiger partial charge in [-0.3, -0.25) is 14.7 Å². The molecule has 0 aliphatic rings. The second kappa shape index (κ2) is 9.58. The molecule has 0 saturated carbocycles. The van der Waals surface area contributed by atoms with Crippen LogP contribution in [0.2, 0.25) is 0 Å². The highest BCUT2D eigenvalue weighted by atomic mass is 32.2. The molecule has 32 heavy (non-hydrogen) atoms. The third-order valence-corrected chi connectivity index (χ3v) is 7.94. The van der Waals surface area contributed by atoms with Gasteiger partial charge in [-0.05, 0) is 49.2 Å². The molecule has 0 spiro atoms. The number of rotatable bonds is 8. The Morgan fingerprint density at radius 1 is 1.03 bits per heavy atom. The zero-order valence-electron chi connectivity index (χ0n) is 17.6. The van der Waals surface area contributed by atoms with E-state index < -0.39 is 9.84 Å². The van der Waals surface area contributed by atoms with Crippen LogP contribution in [0.5, 0.6) is 0 Å². The monoisotopic (exact) mass is 465 g/mol. The maximum atomic E-state index is 13.2. The molecule has 2 aromatic carbocycles. The average molecular weight is 466 g/mol. The molecule has 164 valence electrons. The highest BCUT2D eigenvalue weighted by Gasteiger charge is 2.22. The average Bonchev–Trinajstić information content (AvgIpc) is 3.22. The van der Waals surface area contributed by atoms with Crippen molar-refractivity contribution in [2.75, 3.05) is 10.7 Å². The number of carbonyl (C=O) groups excluding carboxylic acids is 1. The van der Waals surface area contributed by atoms with Gasteiger partial charge in [0.1, 0.15) is 0 Å². The molecule has 8 heteroatoms. The van der Waals surface area contributed by atoms with E-state index in [-0.39, 0.29) is 29.4 Å². The zero-order chi connectivity index (χ0) is 22.6. The molecule has 0 N–H and O–H groups in total. The summed E-state index contributed by atoms with van der Waals surface area (Å²) in [6, 6.07) is 18.2. The number of anilines is 1. The molecule has 0 radical (unpaired) electrons. The maximum Gasteiger partial charge on any atom is 0.229 e. The summed E-state index contributed by atoms with van der Waals surface area (Å²) in [5, 5.41) is 0.599. The van der Waals surface area contributed by atoms with Crippen LogP contribution in [0.15, 0.2) is 78.0 Å². The molecular formula is C24H23N3O3S2. The van der Waals surface area contributed by atoms with Gasteiger partial charge in [0.15, 0.2) is 15.0 Å². The molecule has 0 atom stereocenters. The normalized spacial score (nSPS) is 11.5. The van der Waals surface area contributed by atoms with Crippen molar-refractivity contribution in [1.82, 2.24) is 9.97 Å². The Bertz CT molecular complexity index is 1280. The number of aryl methyl sites for hydroxylation is 1. The van der Waals surface area contributed by atoms with Gasteiger partial charge >= 0.3 is 0 Å². The first kappa shape index (κ1) is 22.1. The van der Waals surface area contributed by atoms with Crippen LogP contribution in [-0.4, -0.2) is 30.0 Å². The molecule has 6 nitrogen and oxygen atoms in total. The van der Waals surface area contributed by atoms with Gasteiger partial charge in [-0.25, -0.2) is 13.4 Å². The van der Waals surface area contributed by atoms with Gasteiger partial charge in [0.25, 0.3) is 0 Å². The van der Waals surface area contributed by atoms with Crippen LogP contribution >= 0.6 is 11.3 Å². The largest absolute Gasteiger partial charge is 0.284 e. The fraction of sp³-hybridized carbons (Fsp3) is 0.208. The van der Waals surface area contributed by atoms with Crippen molar-refractivity contribution >= 4 is 42.4 Å². The van der Waals surface area contributed by atoms with E-state index in [2.05, 4.69) is 9.97 Å². The Morgan fingerprint density at radius 2 is 1.81 bits per heavy atom. The Kier molecular flexibility index (Phi) is 6.62. The van der Waals surface area contributed by atoms with Gasteiger partial charge in [-0.2, -0.15) is 0 Å². The van der Waals surface area contributed by atoms with Crippen LogP contribution in [-0.2, 0) is 21.2 Å². The second-order valence-electron chi connectivity index (χ2n) is 7.54. The lowest BCUT2D eigenvalue weighted by Gasteiger charge is -2.20. The number of para-hydroxylation sites is 1. The van der Waals surface area contributed by atoms with E-state index in [1.165, 1.54) is 11.3 Å². The summed E-state index contributed by atoms with van der Waals surface area (Å²) in [4.78, 5) is 23.8. The van der Waals surface area contributed by atoms with E-state index in [0.717, 1.165) is 21.3 Å². The molecule has 0 aliphatic carbocycles. The van der Waals surface area contributed by atoms with E-state index >= 15 is 0 Å². The van der Waals surface area contributed by atoms with Crippen LogP contribution in [0, 0.1) is 6.92 Å². The van der Waals surface area contributed by atoms with Gasteiger partial charge in [0, 0.05) is 18.8 Å². The zero-order valence-corrected chi connectivity index (χ0v) is 19.3. The molecule has 2 aromatic heterocycles. The van der Waals surface area contributed by atoms with Crippen molar-refractivity contribution in [3.05, 3.63) is 84.2 Å². The van der Waals surface area contributed by atoms with Crippen LogP contribution in [0.4, 0.5) is 5.13 Å². The Morgan fingerprint density at radius 3 is 2.53 bits per heavy atom. The lowest BCUT2D eigenvalue weighted by molar-refractivity contribution is -0.118. The van der Waals surface area contributed by atoms with Crippen molar-refractivity contribution in [2.45, 2.75) is 31.2 Å². The number of aromatic nitrogens is 2. The SMILES string of the molecule is Cc1ccc(S(=O)(=O)CCCC(=O)N(Cc2cccnc2)c2nc3ccccc3s2)cc1. The predicted molar refractivity (Wildman–Crippen MR) is 128 cm³/mol. The number of pyridine rings is 1. The molecule has 2 heterocycles. The van der Waals surface area contributed by atoms with E-state index in [1.807, 2.05) is 43.3 Å². The predicted octanol–water partition coefficient (Wildman–Crippen LogP) is 4.79. The third-order valence-electron chi connectivity index (χ3n) is 5.06. The number of hydrogen-bond acceptors (Lipinski definition) is 6. The fourth-order valence-electron chi connectivity index (χ4n) is 3.32. The first-order chi connectivity index (χ1) is 15.4. The van der Waals surface area contributed by atoms with Crippen LogP contribution in [0.25, 0.3) is 10.2 Å². The van der Waals surface area contributed by atoms with E-state index in [9.17, 15) is 13.2 Å². The number of benzene rings is 2. The summed E-state index contributed by atoms with van der Waals surface area (Å²) in [7, 11) is -3.44. The number of amides is 1. The van der Waals surface area contributed by atoms with Crippen molar-refractivity contribution in [2.24, 2.45) is 0 Å². The van der Waals surface area contributed by atoms with E-state index in [0.29, 0.717) is 11.7 Å². The highest BCUT2D eigenvalue weighted by molar-refractivity contribution is 7.91. The molecular weight excluding hydrogens is 442 g/mol. The lowest BCUT2D eigenvalue weighted by atomic mass is 10.2. The lowest BCUT2D eigenvalue weighted by Crippen LogP contribution is -2.30. The minimum Gasteiger partial charge on any atom is -0.284 e. The molecule has 0 saturated heterocycles. The Labute approximate surface area is 191 Å². The van der Waals surface area contributed by atoms with Crippen molar-refractivity contribution < 1.29 is 13.2 Å². The van der Waals surface area contributed by atoms with Crippen molar-refractivity contribution in [1.29, 1.82) is 0 Å². The van der Waals surface area contributed by atoms with Crippen LogP contribution < -0.4 is 4.90 Å². The third kappa shape index (κ3) is 5.20. The summed E-state index contributed by atoms with van der Waals surface area (Å²) < 4.78 is 26.3.